The number of nitrogen functional groups attached to an aromatic ring is 1. The minimum atomic E-state index is 0.445. The van der Waals surface area contributed by atoms with Gasteiger partial charge in [-0.05, 0) is 32.6 Å². The van der Waals surface area contributed by atoms with Crippen LogP contribution in [0.5, 0.6) is 0 Å². The van der Waals surface area contributed by atoms with Crippen LogP contribution in [0, 0.1) is 6.92 Å². The molecule has 0 saturated heterocycles. The number of nitrogens with zero attached hydrogens (tertiary/aromatic N) is 4. The monoisotopic (exact) mass is 239 g/mol. The second-order valence-corrected chi connectivity index (χ2v) is 4.57. The summed E-state index contributed by atoms with van der Waals surface area (Å²) in [6.07, 6.45) is 0. The summed E-state index contributed by atoms with van der Waals surface area (Å²) in [5, 5.41) is 4.50. The van der Waals surface area contributed by atoms with Gasteiger partial charge in [0, 0.05) is 0 Å². The Balaban J connectivity index is 2.32. The highest BCUT2D eigenvalue weighted by Crippen LogP contribution is 2.30. The molecule has 0 aliphatic heterocycles. The Bertz CT molecular complexity index is 470. The maximum atomic E-state index is 5.80. The predicted octanol–water partition coefficient (Wildman–Crippen LogP) is 1.15. The Morgan fingerprint density at radius 2 is 2.19 bits per heavy atom. The summed E-state index contributed by atoms with van der Waals surface area (Å²) < 4.78 is 9.31. The van der Waals surface area contributed by atoms with Crippen LogP contribution in [0.15, 0.2) is 4.52 Å². The molecule has 2 aromatic rings. The second-order valence-electron chi connectivity index (χ2n) is 3.76. The highest BCUT2D eigenvalue weighted by atomic mass is 32.1. The molecule has 2 aromatic heterocycles. The molecule has 0 saturated carbocycles. The van der Waals surface area contributed by atoms with Crippen LogP contribution < -0.4 is 5.73 Å². The maximum Gasteiger partial charge on any atom is 0.262 e. The molecule has 0 atom stereocenters. The first-order valence-corrected chi connectivity index (χ1v) is 5.54. The van der Waals surface area contributed by atoms with Gasteiger partial charge in [-0.3, -0.25) is 0 Å². The topological polar surface area (TPSA) is 81.1 Å². The van der Waals surface area contributed by atoms with E-state index < -0.39 is 0 Å². The Morgan fingerprint density at radius 1 is 1.44 bits per heavy atom. The molecule has 7 heteroatoms. The fourth-order valence-electron chi connectivity index (χ4n) is 1.35. The summed E-state index contributed by atoms with van der Waals surface area (Å²) in [4.78, 5) is 6.25. The van der Waals surface area contributed by atoms with Crippen LogP contribution in [0.4, 0.5) is 5.00 Å². The van der Waals surface area contributed by atoms with Crippen LogP contribution in [-0.4, -0.2) is 33.5 Å². The third-order valence-corrected chi connectivity index (χ3v) is 2.79. The first kappa shape index (κ1) is 11.0. The maximum absolute atomic E-state index is 5.80. The van der Waals surface area contributed by atoms with Gasteiger partial charge in [-0.2, -0.15) is 9.36 Å². The van der Waals surface area contributed by atoms with Crippen molar-refractivity contribution in [1.29, 1.82) is 0 Å². The van der Waals surface area contributed by atoms with Crippen molar-refractivity contribution in [1.82, 2.24) is 19.4 Å². The summed E-state index contributed by atoms with van der Waals surface area (Å²) in [5.74, 6) is 1.09. The number of anilines is 1. The van der Waals surface area contributed by atoms with Gasteiger partial charge in [0.05, 0.1) is 17.8 Å². The summed E-state index contributed by atoms with van der Waals surface area (Å²) in [6.45, 7) is 2.51. The van der Waals surface area contributed by atoms with Crippen molar-refractivity contribution in [2.75, 3.05) is 19.8 Å². The van der Waals surface area contributed by atoms with Crippen molar-refractivity contribution >= 4 is 16.5 Å². The average molecular weight is 239 g/mol. The number of nitrogens with two attached hydrogens (primary N) is 1. The van der Waals surface area contributed by atoms with Crippen molar-refractivity contribution < 1.29 is 4.52 Å². The zero-order valence-corrected chi connectivity index (χ0v) is 10.2. The first-order valence-electron chi connectivity index (χ1n) is 4.77. The molecule has 0 unspecified atom stereocenters. The highest BCUT2D eigenvalue weighted by Gasteiger charge is 2.17. The number of aryl methyl sites for hydroxylation is 1. The Labute approximate surface area is 97.2 Å². The zero-order chi connectivity index (χ0) is 11.7. The molecule has 2 N–H and O–H groups in total. The fourth-order valence-corrected chi connectivity index (χ4v) is 2.00. The van der Waals surface area contributed by atoms with E-state index in [0.717, 1.165) is 11.3 Å². The third-order valence-electron chi connectivity index (χ3n) is 2.03. The summed E-state index contributed by atoms with van der Waals surface area (Å²) >= 11 is 1.24. The highest BCUT2D eigenvalue weighted by molar-refractivity contribution is 7.10. The molecule has 0 fully saturated rings. The minimum Gasteiger partial charge on any atom is -0.389 e. The van der Waals surface area contributed by atoms with Crippen molar-refractivity contribution in [2.24, 2.45) is 0 Å². The second kappa shape index (κ2) is 4.18. The lowest BCUT2D eigenvalue weighted by molar-refractivity contribution is 0.365. The largest absolute Gasteiger partial charge is 0.389 e. The van der Waals surface area contributed by atoms with Crippen LogP contribution in [0.1, 0.15) is 11.5 Å². The molecular formula is C9H13N5OS. The molecule has 0 bridgehead atoms. The minimum absolute atomic E-state index is 0.445. The first-order chi connectivity index (χ1) is 7.58. The van der Waals surface area contributed by atoms with Crippen LogP contribution in [-0.2, 0) is 6.54 Å². The van der Waals surface area contributed by atoms with E-state index in [1.807, 2.05) is 25.9 Å². The third kappa shape index (κ3) is 2.05. The van der Waals surface area contributed by atoms with Gasteiger partial charge in [-0.15, -0.1) is 0 Å². The van der Waals surface area contributed by atoms with Crippen molar-refractivity contribution in [3.8, 4) is 11.5 Å². The molecule has 2 heterocycles. The Hall–Kier alpha value is -1.47. The number of aromatic nitrogens is 3. The molecular weight excluding hydrogens is 226 g/mol. The summed E-state index contributed by atoms with van der Waals surface area (Å²) in [6, 6.07) is 0. The molecule has 16 heavy (non-hydrogen) atoms. The van der Waals surface area contributed by atoms with Crippen LogP contribution in [0.2, 0.25) is 0 Å². The van der Waals surface area contributed by atoms with Gasteiger partial charge < -0.3 is 15.2 Å². The van der Waals surface area contributed by atoms with Gasteiger partial charge in [-0.1, -0.05) is 5.16 Å². The van der Waals surface area contributed by atoms with E-state index in [9.17, 15) is 0 Å². The van der Waals surface area contributed by atoms with E-state index in [4.69, 9.17) is 10.3 Å². The van der Waals surface area contributed by atoms with Gasteiger partial charge in [0.1, 0.15) is 5.00 Å². The number of hydrogen-bond donors (Lipinski definition) is 1. The smallest absolute Gasteiger partial charge is 0.262 e. The number of hydrogen-bond acceptors (Lipinski definition) is 7. The lowest BCUT2D eigenvalue weighted by atomic mass is 10.2. The van der Waals surface area contributed by atoms with E-state index in [0.29, 0.717) is 23.3 Å². The lowest BCUT2D eigenvalue weighted by Gasteiger charge is -2.03. The average Bonchev–Trinajstić information content (AvgIpc) is 2.73. The molecule has 0 aliphatic rings. The fraction of sp³-hybridized carbons (Fsp3) is 0.444. The lowest BCUT2D eigenvalue weighted by Crippen LogP contribution is -2.11. The summed E-state index contributed by atoms with van der Waals surface area (Å²) in [5.41, 5.74) is 7.38. The molecule has 86 valence electrons. The van der Waals surface area contributed by atoms with Crippen LogP contribution >= 0.6 is 11.5 Å². The molecule has 0 aliphatic carbocycles. The molecule has 0 aromatic carbocycles. The number of rotatable bonds is 3. The van der Waals surface area contributed by atoms with Gasteiger partial charge in [-0.25, -0.2) is 0 Å². The zero-order valence-electron chi connectivity index (χ0n) is 9.39. The molecule has 0 radical (unpaired) electrons. The van der Waals surface area contributed by atoms with Gasteiger partial charge in [0.25, 0.3) is 5.89 Å². The summed E-state index contributed by atoms with van der Waals surface area (Å²) in [7, 11) is 3.89. The van der Waals surface area contributed by atoms with Crippen LogP contribution in [0.3, 0.4) is 0 Å². The van der Waals surface area contributed by atoms with E-state index in [1.54, 1.807) is 0 Å². The van der Waals surface area contributed by atoms with Crippen molar-refractivity contribution in [3.63, 3.8) is 0 Å². The van der Waals surface area contributed by atoms with Gasteiger partial charge >= 0.3 is 0 Å². The quantitative estimate of drug-likeness (QED) is 0.865. The molecule has 0 spiro atoms. The molecule has 6 nitrogen and oxygen atoms in total. The molecule has 2 rings (SSSR count). The van der Waals surface area contributed by atoms with Crippen molar-refractivity contribution in [3.05, 3.63) is 11.5 Å². The predicted molar refractivity (Wildman–Crippen MR) is 61.9 cm³/mol. The van der Waals surface area contributed by atoms with E-state index >= 15 is 0 Å². The van der Waals surface area contributed by atoms with Gasteiger partial charge in [0.15, 0.2) is 5.82 Å². The Kier molecular flexibility index (Phi) is 2.88. The van der Waals surface area contributed by atoms with Crippen molar-refractivity contribution in [2.45, 2.75) is 13.5 Å². The molecule has 0 amide bonds. The van der Waals surface area contributed by atoms with E-state index in [2.05, 4.69) is 14.5 Å². The van der Waals surface area contributed by atoms with E-state index in [1.165, 1.54) is 11.5 Å². The SMILES string of the molecule is Cc1nsc(N)c1-c1nc(CN(C)C)no1. The standard InChI is InChI=1S/C9H13N5OS/c1-5-7(8(10)16-13-5)9-11-6(12-15-9)4-14(2)3/h4,10H2,1-3H3. The van der Waals surface area contributed by atoms with E-state index in [-0.39, 0.29) is 0 Å². The Morgan fingerprint density at radius 3 is 2.75 bits per heavy atom. The van der Waals surface area contributed by atoms with Crippen LogP contribution in [0.25, 0.3) is 11.5 Å². The van der Waals surface area contributed by atoms with Gasteiger partial charge in [0.2, 0.25) is 0 Å². The normalized spacial score (nSPS) is 11.2.